The minimum Gasteiger partial charge on any atom is -0.400 e. The first-order valence-corrected chi connectivity index (χ1v) is 10.0. The number of carbonyl (C=O) groups is 2. The van der Waals surface area contributed by atoms with Crippen LogP contribution >= 0.6 is 0 Å². The van der Waals surface area contributed by atoms with Gasteiger partial charge in [0.1, 0.15) is 0 Å². The Hall–Kier alpha value is -3.65. The van der Waals surface area contributed by atoms with Gasteiger partial charge < -0.3 is 22.2 Å². The Kier molecular flexibility index (Phi) is 6.41. The van der Waals surface area contributed by atoms with Gasteiger partial charge in [-0.15, -0.1) is 0 Å². The molecule has 0 aromatic heterocycles. The number of benzene rings is 2. The summed E-state index contributed by atoms with van der Waals surface area (Å²) in [6, 6.07) is 11.2. The van der Waals surface area contributed by atoms with Crippen molar-refractivity contribution in [1.82, 2.24) is 10.7 Å². The zero-order valence-corrected chi connectivity index (χ0v) is 18.2. The first-order chi connectivity index (χ1) is 14.7. The Morgan fingerprint density at radius 2 is 1.87 bits per heavy atom. The maximum atomic E-state index is 12.0. The molecule has 0 radical (unpaired) electrons. The molecule has 2 aromatic rings. The van der Waals surface area contributed by atoms with Gasteiger partial charge in [-0.1, -0.05) is 18.2 Å². The number of fused-ring (bicyclic) bond motifs is 1. The zero-order chi connectivity index (χ0) is 22.7. The van der Waals surface area contributed by atoms with Gasteiger partial charge >= 0.3 is 0 Å². The van der Waals surface area contributed by atoms with Crippen molar-refractivity contribution < 1.29 is 9.59 Å². The summed E-state index contributed by atoms with van der Waals surface area (Å²) in [5.74, 6) is -1.39. The van der Waals surface area contributed by atoms with Gasteiger partial charge in [-0.05, 0) is 50.1 Å². The molecule has 31 heavy (non-hydrogen) atoms. The molecule has 1 atom stereocenters. The predicted octanol–water partition coefficient (Wildman–Crippen LogP) is 2.04. The van der Waals surface area contributed by atoms with Gasteiger partial charge in [-0.25, -0.2) is 5.43 Å². The number of nitrogens with zero attached hydrogens (tertiary/aromatic N) is 1. The van der Waals surface area contributed by atoms with E-state index >= 15 is 0 Å². The summed E-state index contributed by atoms with van der Waals surface area (Å²) >= 11 is 0. The number of hydrazine groups is 1. The maximum Gasteiger partial charge on any atom is 0.251 e. The van der Waals surface area contributed by atoms with Crippen molar-refractivity contribution in [2.75, 3.05) is 12.5 Å². The summed E-state index contributed by atoms with van der Waals surface area (Å²) < 4.78 is 0. The van der Waals surface area contributed by atoms with Crippen LogP contribution in [0.2, 0.25) is 0 Å². The van der Waals surface area contributed by atoms with Crippen molar-refractivity contribution in [2.45, 2.75) is 27.3 Å². The smallest absolute Gasteiger partial charge is 0.251 e. The molecule has 3 rings (SSSR count). The molecule has 162 valence electrons. The van der Waals surface area contributed by atoms with E-state index in [9.17, 15) is 9.59 Å². The van der Waals surface area contributed by atoms with E-state index in [1.807, 2.05) is 32.0 Å². The summed E-state index contributed by atoms with van der Waals surface area (Å²) in [7, 11) is 1.59. The SMILES string of the molecule is CNC(=O)c1cccc(C(C)=N/C(=C(/N)C(C)C(N)=O)c2c(C)ccc3c2CNN3)c1. The van der Waals surface area contributed by atoms with Crippen LogP contribution in [0.1, 0.15) is 46.5 Å². The average Bonchev–Trinajstić information content (AvgIpc) is 3.24. The van der Waals surface area contributed by atoms with Gasteiger partial charge in [-0.2, -0.15) is 0 Å². The number of hydrogen-bond donors (Lipinski definition) is 5. The standard InChI is InChI=1S/C23H28N6O2/c1-12-8-9-18-17(11-27-29-18)19(12)21(20(24)13(2)22(25)30)28-14(3)15-6-5-7-16(10-15)23(31)26-4/h5-10,13,27,29H,11,24H2,1-4H3,(H2,25,30)(H,26,31)/b21-20+,28-14?. The second kappa shape index (κ2) is 9.01. The molecule has 1 heterocycles. The van der Waals surface area contributed by atoms with Crippen LogP contribution < -0.4 is 27.6 Å². The number of carbonyl (C=O) groups excluding carboxylic acids is 2. The number of anilines is 1. The zero-order valence-electron chi connectivity index (χ0n) is 18.2. The number of aryl methyl sites for hydroxylation is 1. The highest BCUT2D eigenvalue weighted by molar-refractivity contribution is 6.04. The minimum atomic E-state index is -0.693. The molecule has 1 aliphatic rings. The molecule has 2 amide bonds. The Bertz CT molecular complexity index is 1100. The van der Waals surface area contributed by atoms with Gasteiger partial charge in [-0.3, -0.25) is 14.6 Å². The van der Waals surface area contributed by atoms with E-state index in [4.69, 9.17) is 16.5 Å². The molecule has 0 aliphatic carbocycles. The van der Waals surface area contributed by atoms with Crippen molar-refractivity contribution >= 4 is 28.9 Å². The predicted molar refractivity (Wildman–Crippen MR) is 123 cm³/mol. The fourth-order valence-corrected chi connectivity index (χ4v) is 3.51. The maximum absolute atomic E-state index is 12.0. The lowest BCUT2D eigenvalue weighted by molar-refractivity contribution is -0.120. The van der Waals surface area contributed by atoms with Crippen LogP contribution in [0.25, 0.3) is 5.70 Å². The van der Waals surface area contributed by atoms with Crippen LogP contribution in [0.4, 0.5) is 5.69 Å². The van der Waals surface area contributed by atoms with Crippen LogP contribution in [-0.4, -0.2) is 24.6 Å². The van der Waals surface area contributed by atoms with Gasteiger partial charge in [0.2, 0.25) is 5.91 Å². The first kappa shape index (κ1) is 22.0. The van der Waals surface area contributed by atoms with E-state index in [2.05, 4.69) is 16.2 Å². The number of hydrogen-bond acceptors (Lipinski definition) is 6. The van der Waals surface area contributed by atoms with Gasteiger partial charge in [0, 0.05) is 41.7 Å². The lowest BCUT2D eigenvalue weighted by Gasteiger charge is -2.18. The Morgan fingerprint density at radius 3 is 2.55 bits per heavy atom. The number of nitrogens with one attached hydrogen (secondary N) is 3. The molecule has 8 heteroatoms. The monoisotopic (exact) mass is 420 g/mol. The van der Waals surface area contributed by atoms with E-state index in [-0.39, 0.29) is 5.91 Å². The number of primary amides is 1. The van der Waals surface area contributed by atoms with Gasteiger partial charge in [0.05, 0.1) is 17.3 Å². The van der Waals surface area contributed by atoms with Crippen molar-refractivity contribution in [1.29, 1.82) is 0 Å². The third-order valence-corrected chi connectivity index (χ3v) is 5.46. The van der Waals surface area contributed by atoms with E-state index in [0.717, 1.165) is 27.9 Å². The molecule has 8 nitrogen and oxygen atoms in total. The molecule has 2 aromatic carbocycles. The van der Waals surface area contributed by atoms with E-state index in [1.54, 1.807) is 32.2 Å². The van der Waals surface area contributed by atoms with Crippen molar-refractivity contribution in [3.8, 4) is 0 Å². The largest absolute Gasteiger partial charge is 0.400 e. The summed E-state index contributed by atoms with van der Waals surface area (Å²) in [5, 5.41) is 2.62. The van der Waals surface area contributed by atoms with E-state index in [1.165, 1.54) is 0 Å². The van der Waals surface area contributed by atoms with E-state index < -0.39 is 11.8 Å². The quantitative estimate of drug-likeness (QED) is 0.456. The molecular formula is C23H28N6O2. The van der Waals surface area contributed by atoms with Crippen molar-refractivity contribution in [3.63, 3.8) is 0 Å². The lowest BCUT2D eigenvalue weighted by atomic mass is 9.93. The third kappa shape index (κ3) is 4.44. The number of amides is 2. The first-order valence-electron chi connectivity index (χ1n) is 10.0. The normalized spacial score (nSPS) is 14.9. The Balaban J connectivity index is 2.20. The summed E-state index contributed by atoms with van der Waals surface area (Å²) in [4.78, 5) is 28.8. The molecule has 0 fully saturated rings. The van der Waals surface area contributed by atoms with Crippen molar-refractivity contribution in [3.05, 3.63) is 69.9 Å². The summed E-state index contributed by atoms with van der Waals surface area (Å²) in [6.07, 6.45) is 0. The Morgan fingerprint density at radius 1 is 1.16 bits per heavy atom. The van der Waals surface area contributed by atoms with Gasteiger partial charge in [0.15, 0.2) is 0 Å². The van der Waals surface area contributed by atoms with Gasteiger partial charge in [0.25, 0.3) is 5.91 Å². The van der Waals surface area contributed by atoms with E-state index in [0.29, 0.717) is 29.2 Å². The molecule has 7 N–H and O–H groups in total. The molecule has 0 saturated carbocycles. The van der Waals surface area contributed by atoms with Crippen LogP contribution in [0.15, 0.2) is 47.1 Å². The highest BCUT2D eigenvalue weighted by Gasteiger charge is 2.24. The van der Waals surface area contributed by atoms with Crippen molar-refractivity contribution in [2.24, 2.45) is 22.4 Å². The summed E-state index contributed by atoms with van der Waals surface area (Å²) in [6.45, 7) is 6.09. The van der Waals surface area contributed by atoms with Crippen LogP contribution in [0.3, 0.4) is 0 Å². The number of aliphatic imine (C=N–C) groups is 1. The highest BCUT2D eigenvalue weighted by Crippen LogP contribution is 2.34. The summed E-state index contributed by atoms with van der Waals surface area (Å²) in [5.41, 5.74) is 24.8. The third-order valence-electron chi connectivity index (χ3n) is 5.46. The molecular weight excluding hydrogens is 392 g/mol. The second-order valence-electron chi connectivity index (χ2n) is 7.55. The molecule has 1 unspecified atom stereocenters. The fraction of sp³-hybridized carbons (Fsp3) is 0.261. The molecule has 0 saturated heterocycles. The lowest BCUT2D eigenvalue weighted by Crippen LogP contribution is -2.27. The van der Waals surface area contributed by atoms with Crippen LogP contribution in [0, 0.1) is 12.8 Å². The highest BCUT2D eigenvalue weighted by atomic mass is 16.2. The molecule has 0 bridgehead atoms. The fourth-order valence-electron chi connectivity index (χ4n) is 3.51. The minimum absolute atomic E-state index is 0.179. The molecule has 1 aliphatic heterocycles. The second-order valence-corrected chi connectivity index (χ2v) is 7.55. The van der Waals surface area contributed by atoms with Crippen LogP contribution in [0.5, 0.6) is 0 Å². The number of nitrogens with two attached hydrogens (primary N) is 2. The molecule has 0 spiro atoms. The topological polar surface area (TPSA) is 135 Å². The van der Waals surface area contributed by atoms with Crippen LogP contribution in [-0.2, 0) is 11.3 Å². The Labute approximate surface area is 181 Å². The average molecular weight is 421 g/mol. The number of rotatable bonds is 6.